The van der Waals surface area contributed by atoms with Gasteiger partial charge in [0.05, 0.1) is 19.1 Å². The van der Waals surface area contributed by atoms with Crippen molar-refractivity contribution in [3.05, 3.63) is 86.7 Å². The van der Waals surface area contributed by atoms with E-state index in [0.717, 1.165) is 16.9 Å². The van der Waals surface area contributed by atoms with E-state index in [1.807, 2.05) is 62.4 Å². The van der Waals surface area contributed by atoms with Crippen molar-refractivity contribution in [2.75, 3.05) is 18.9 Å². The summed E-state index contributed by atoms with van der Waals surface area (Å²) in [7, 11) is 0. The Hall–Kier alpha value is -4.71. The maximum atomic E-state index is 12.9. The molecule has 0 saturated heterocycles. The Balaban J connectivity index is 1.73. The largest absolute Gasteiger partial charge is 0.494 e. The van der Waals surface area contributed by atoms with Crippen LogP contribution in [0.1, 0.15) is 36.6 Å². The third kappa shape index (κ3) is 3.85. The minimum atomic E-state index is -0.629. The van der Waals surface area contributed by atoms with E-state index in [4.69, 9.17) is 24.0 Å². The SMILES string of the molecule is CCOc1ccc(/C=c2\c(=O)oc3n2-c2oc(N)nc2C(c2ccc(OCC)cc2)C=3C#N)cc1. The number of nitriles is 1. The van der Waals surface area contributed by atoms with Gasteiger partial charge in [-0.3, -0.25) is 0 Å². The fourth-order valence-electron chi connectivity index (χ4n) is 4.18. The van der Waals surface area contributed by atoms with Crippen LogP contribution in [0.2, 0.25) is 0 Å². The molecule has 5 rings (SSSR count). The molecule has 0 bridgehead atoms. The first-order valence-corrected chi connectivity index (χ1v) is 11.1. The predicted molar refractivity (Wildman–Crippen MR) is 128 cm³/mol. The molecule has 0 amide bonds. The molecule has 9 heteroatoms. The molecule has 1 unspecified atom stereocenters. The van der Waals surface area contributed by atoms with Crippen LogP contribution in [0.5, 0.6) is 11.5 Å². The summed E-state index contributed by atoms with van der Waals surface area (Å²) < 4.78 is 23.8. The van der Waals surface area contributed by atoms with Crippen molar-refractivity contribution in [2.24, 2.45) is 0 Å². The maximum absolute atomic E-state index is 12.9. The number of nitrogens with zero attached hydrogens (tertiary/aromatic N) is 3. The smallest absolute Gasteiger partial charge is 0.362 e. The van der Waals surface area contributed by atoms with Crippen molar-refractivity contribution >= 4 is 17.7 Å². The van der Waals surface area contributed by atoms with Gasteiger partial charge >= 0.3 is 5.63 Å². The monoisotopic (exact) mass is 470 g/mol. The number of benzene rings is 2. The number of nitrogens with two attached hydrogens (primary N) is 1. The van der Waals surface area contributed by atoms with Gasteiger partial charge < -0.3 is 24.0 Å². The van der Waals surface area contributed by atoms with Gasteiger partial charge in [-0.25, -0.2) is 9.36 Å². The van der Waals surface area contributed by atoms with Crippen LogP contribution in [-0.4, -0.2) is 22.8 Å². The molecular weight excluding hydrogens is 448 g/mol. The molecule has 3 heterocycles. The summed E-state index contributed by atoms with van der Waals surface area (Å²) >= 11 is 0. The molecule has 2 aromatic heterocycles. The molecule has 35 heavy (non-hydrogen) atoms. The highest BCUT2D eigenvalue weighted by Gasteiger charge is 2.36. The summed E-state index contributed by atoms with van der Waals surface area (Å²) in [6, 6.07) is 16.7. The summed E-state index contributed by atoms with van der Waals surface area (Å²) in [5.41, 5.74) is 7.52. The zero-order valence-corrected chi connectivity index (χ0v) is 19.1. The van der Waals surface area contributed by atoms with Crippen molar-refractivity contribution in [1.82, 2.24) is 9.55 Å². The van der Waals surface area contributed by atoms with Gasteiger partial charge in [-0.05, 0) is 55.3 Å². The third-order valence-corrected chi connectivity index (χ3v) is 5.63. The molecule has 176 valence electrons. The first-order valence-electron chi connectivity index (χ1n) is 11.1. The normalized spacial score (nSPS) is 14.8. The lowest BCUT2D eigenvalue weighted by molar-refractivity contribution is 0.340. The molecular formula is C26H22N4O5. The zero-order chi connectivity index (χ0) is 24.5. The van der Waals surface area contributed by atoms with E-state index in [9.17, 15) is 10.1 Å². The number of aromatic nitrogens is 2. The Labute approximate surface area is 199 Å². The number of ether oxygens (including phenoxy) is 2. The van der Waals surface area contributed by atoms with Gasteiger partial charge in [0.2, 0.25) is 11.4 Å². The van der Waals surface area contributed by atoms with E-state index >= 15 is 0 Å². The molecule has 0 aliphatic carbocycles. The second-order valence-electron chi connectivity index (χ2n) is 7.76. The van der Waals surface area contributed by atoms with Gasteiger partial charge in [0.15, 0.2) is 0 Å². The highest BCUT2D eigenvalue weighted by atomic mass is 16.5. The van der Waals surface area contributed by atoms with E-state index in [-0.39, 0.29) is 28.4 Å². The Morgan fingerprint density at radius 1 is 1.06 bits per heavy atom. The molecule has 2 N–H and O–H groups in total. The number of hydrogen-bond donors (Lipinski definition) is 1. The predicted octanol–water partition coefficient (Wildman–Crippen LogP) is 2.45. The molecule has 0 saturated carbocycles. The maximum Gasteiger partial charge on any atom is 0.362 e. The lowest BCUT2D eigenvalue weighted by atomic mass is 9.87. The topological polar surface area (TPSA) is 129 Å². The minimum absolute atomic E-state index is 0.0794. The molecule has 1 aliphatic rings. The average molecular weight is 470 g/mol. The number of rotatable bonds is 6. The quantitative estimate of drug-likeness (QED) is 0.455. The van der Waals surface area contributed by atoms with E-state index in [2.05, 4.69) is 11.1 Å². The van der Waals surface area contributed by atoms with Gasteiger partial charge in [0.25, 0.3) is 6.01 Å². The third-order valence-electron chi connectivity index (χ3n) is 5.63. The van der Waals surface area contributed by atoms with Crippen LogP contribution in [0.3, 0.4) is 0 Å². The van der Waals surface area contributed by atoms with Crippen LogP contribution in [0.15, 0.2) is 62.2 Å². The molecule has 0 fully saturated rings. The molecule has 4 aromatic rings. The van der Waals surface area contributed by atoms with Crippen LogP contribution in [0.4, 0.5) is 6.01 Å². The van der Waals surface area contributed by atoms with Crippen LogP contribution < -0.4 is 31.7 Å². The van der Waals surface area contributed by atoms with Gasteiger partial charge in [0, 0.05) is 0 Å². The van der Waals surface area contributed by atoms with Crippen molar-refractivity contribution in [3.63, 3.8) is 0 Å². The number of oxazole rings is 2. The number of hydrogen-bond acceptors (Lipinski definition) is 8. The molecule has 2 aromatic carbocycles. The van der Waals surface area contributed by atoms with Crippen LogP contribution in [0.25, 0.3) is 17.5 Å². The van der Waals surface area contributed by atoms with E-state index in [0.29, 0.717) is 24.7 Å². The lowest BCUT2D eigenvalue weighted by Crippen LogP contribution is -2.35. The molecule has 1 aliphatic heterocycles. The molecule has 1 atom stereocenters. The number of nitrogen functional groups attached to an aromatic ring is 1. The standard InChI is InChI=1S/C26H22N4O5/c1-3-32-17-9-5-15(6-10-17)13-20-25(31)34-23-19(14-27)21(16-7-11-18(12-8-16)33-4-2)22-24(30(20)23)35-26(28)29-22/h5-13,21H,3-4H2,1-2H3,(H2,28,29)/b20-13+. The fraction of sp³-hybridized carbons (Fsp3) is 0.192. The first-order chi connectivity index (χ1) is 17.0. The summed E-state index contributed by atoms with van der Waals surface area (Å²) in [5.74, 6) is 1.03. The molecule has 0 radical (unpaired) electrons. The van der Waals surface area contributed by atoms with Crippen molar-refractivity contribution in [1.29, 1.82) is 5.26 Å². The van der Waals surface area contributed by atoms with Crippen LogP contribution in [0, 0.1) is 11.3 Å². The van der Waals surface area contributed by atoms with Crippen molar-refractivity contribution in [3.8, 4) is 23.5 Å². The zero-order valence-electron chi connectivity index (χ0n) is 19.1. The van der Waals surface area contributed by atoms with Gasteiger partial charge in [0.1, 0.15) is 34.2 Å². The van der Waals surface area contributed by atoms with Gasteiger partial charge in [-0.1, -0.05) is 24.3 Å². The number of fused-ring (bicyclic) bond motifs is 3. The Morgan fingerprint density at radius 3 is 2.29 bits per heavy atom. The van der Waals surface area contributed by atoms with Gasteiger partial charge in [-0.2, -0.15) is 10.2 Å². The van der Waals surface area contributed by atoms with Crippen molar-refractivity contribution < 1.29 is 18.3 Å². The van der Waals surface area contributed by atoms with E-state index in [1.165, 1.54) is 4.57 Å². The average Bonchev–Trinajstić information content (AvgIpc) is 3.39. The van der Waals surface area contributed by atoms with Crippen LogP contribution >= 0.6 is 0 Å². The second-order valence-corrected chi connectivity index (χ2v) is 7.76. The highest BCUT2D eigenvalue weighted by Crippen LogP contribution is 2.38. The Kier molecular flexibility index (Phi) is 5.63. The lowest BCUT2D eigenvalue weighted by Gasteiger charge is -2.19. The minimum Gasteiger partial charge on any atom is -0.494 e. The highest BCUT2D eigenvalue weighted by molar-refractivity contribution is 5.73. The summed E-state index contributed by atoms with van der Waals surface area (Å²) in [5, 5.41) is 10.3. The van der Waals surface area contributed by atoms with E-state index < -0.39 is 11.5 Å². The van der Waals surface area contributed by atoms with Crippen LogP contribution in [-0.2, 0) is 0 Å². The van der Waals surface area contributed by atoms with Gasteiger partial charge in [-0.15, -0.1) is 0 Å². The molecule has 0 spiro atoms. The molecule has 9 nitrogen and oxygen atoms in total. The summed E-state index contributed by atoms with van der Waals surface area (Å²) in [6.07, 6.45) is 1.65. The van der Waals surface area contributed by atoms with Crippen molar-refractivity contribution in [2.45, 2.75) is 19.8 Å². The Morgan fingerprint density at radius 2 is 1.69 bits per heavy atom. The summed E-state index contributed by atoms with van der Waals surface area (Å²) in [6.45, 7) is 4.90. The van der Waals surface area contributed by atoms with E-state index in [1.54, 1.807) is 6.08 Å². The summed E-state index contributed by atoms with van der Waals surface area (Å²) in [4.78, 5) is 17.3. The number of anilines is 1. The second kappa shape index (κ2) is 8.91. The first kappa shape index (κ1) is 22.1. The fourth-order valence-corrected chi connectivity index (χ4v) is 4.18. The Bertz CT molecular complexity index is 1600.